The minimum Gasteiger partial charge on any atom is -0.497 e. The van der Waals surface area contributed by atoms with Gasteiger partial charge in [0.25, 0.3) is 0 Å². The minimum absolute atomic E-state index is 0. The molecule has 0 spiro atoms. The minimum atomic E-state index is -0.122. The Morgan fingerprint density at radius 1 is 1.56 bits per heavy atom. The number of amides is 1. The number of carbonyl (C=O) groups is 1. The number of anilines is 1. The van der Waals surface area contributed by atoms with E-state index >= 15 is 0 Å². The van der Waals surface area contributed by atoms with E-state index < -0.39 is 0 Å². The van der Waals surface area contributed by atoms with Crippen LogP contribution in [-0.2, 0) is 11.2 Å². The van der Waals surface area contributed by atoms with E-state index in [1.807, 2.05) is 30.0 Å². The van der Waals surface area contributed by atoms with Gasteiger partial charge in [-0.15, -0.1) is 12.4 Å². The first-order valence-corrected chi connectivity index (χ1v) is 5.85. The smallest absolute Gasteiger partial charge is 0.231 e. The van der Waals surface area contributed by atoms with E-state index in [0.29, 0.717) is 6.54 Å². The summed E-state index contributed by atoms with van der Waals surface area (Å²) < 4.78 is 5.18. The molecule has 5 heteroatoms. The van der Waals surface area contributed by atoms with Gasteiger partial charge in [0.05, 0.1) is 7.11 Å². The molecular formula is C13H19ClN2O2. The molecule has 1 amide bonds. The summed E-state index contributed by atoms with van der Waals surface area (Å²) in [5.41, 5.74) is 7.70. The number of methoxy groups -OCH3 is 1. The van der Waals surface area contributed by atoms with Gasteiger partial charge in [0.2, 0.25) is 5.91 Å². The lowest BCUT2D eigenvalue weighted by Gasteiger charge is -2.20. The molecule has 2 rings (SSSR count). The summed E-state index contributed by atoms with van der Waals surface area (Å²) in [6.45, 7) is 3.00. The molecule has 0 saturated heterocycles. The van der Waals surface area contributed by atoms with E-state index in [1.54, 1.807) is 7.11 Å². The van der Waals surface area contributed by atoms with Crippen LogP contribution in [0.5, 0.6) is 5.75 Å². The van der Waals surface area contributed by atoms with Crippen molar-refractivity contribution in [1.82, 2.24) is 0 Å². The molecule has 0 fully saturated rings. The highest BCUT2D eigenvalue weighted by Crippen LogP contribution is 2.31. The highest BCUT2D eigenvalue weighted by Gasteiger charge is 2.27. The van der Waals surface area contributed by atoms with Crippen LogP contribution >= 0.6 is 12.4 Å². The molecule has 1 aliphatic rings. The lowest BCUT2D eigenvalue weighted by Crippen LogP contribution is -2.36. The van der Waals surface area contributed by atoms with Crippen LogP contribution in [0.15, 0.2) is 18.2 Å². The Bertz CT molecular complexity index is 437. The van der Waals surface area contributed by atoms with E-state index in [1.165, 1.54) is 5.56 Å². The fourth-order valence-electron chi connectivity index (χ4n) is 2.10. The zero-order valence-electron chi connectivity index (χ0n) is 10.7. The van der Waals surface area contributed by atoms with Crippen molar-refractivity contribution in [2.24, 2.45) is 11.7 Å². The molecule has 100 valence electrons. The lowest BCUT2D eigenvalue weighted by molar-refractivity contribution is -0.121. The second-order valence-electron chi connectivity index (χ2n) is 4.37. The molecule has 1 aliphatic heterocycles. The topological polar surface area (TPSA) is 55.6 Å². The average Bonchev–Trinajstić information content (AvgIpc) is 2.79. The Balaban J connectivity index is 0.00000162. The van der Waals surface area contributed by atoms with Crippen LogP contribution < -0.4 is 15.4 Å². The third-order valence-corrected chi connectivity index (χ3v) is 3.22. The summed E-state index contributed by atoms with van der Waals surface area (Å²) in [5.74, 6) is 0.824. The van der Waals surface area contributed by atoms with E-state index in [9.17, 15) is 4.79 Å². The van der Waals surface area contributed by atoms with Crippen LogP contribution in [0.1, 0.15) is 12.5 Å². The van der Waals surface area contributed by atoms with Gasteiger partial charge >= 0.3 is 0 Å². The van der Waals surface area contributed by atoms with Crippen molar-refractivity contribution in [2.75, 3.05) is 25.1 Å². The number of halogens is 1. The first-order chi connectivity index (χ1) is 8.17. The number of hydrogen-bond donors (Lipinski definition) is 1. The molecule has 0 bridgehead atoms. The third kappa shape index (κ3) is 2.60. The first-order valence-electron chi connectivity index (χ1n) is 5.85. The number of carbonyl (C=O) groups excluding carboxylic acids is 1. The Kier molecular flexibility index (Phi) is 4.99. The Morgan fingerprint density at radius 3 is 2.89 bits per heavy atom. The largest absolute Gasteiger partial charge is 0.497 e. The van der Waals surface area contributed by atoms with Gasteiger partial charge in [-0.05, 0) is 30.2 Å². The van der Waals surface area contributed by atoms with Crippen molar-refractivity contribution in [3.05, 3.63) is 23.8 Å². The second kappa shape index (κ2) is 6.07. The zero-order valence-corrected chi connectivity index (χ0v) is 11.5. The molecule has 1 heterocycles. The number of nitrogens with two attached hydrogens (primary N) is 1. The first kappa shape index (κ1) is 14.8. The van der Waals surface area contributed by atoms with Crippen LogP contribution in [0, 0.1) is 5.92 Å². The number of benzene rings is 1. The van der Waals surface area contributed by atoms with Gasteiger partial charge in [-0.3, -0.25) is 4.79 Å². The quantitative estimate of drug-likeness (QED) is 0.908. The molecule has 4 nitrogen and oxygen atoms in total. The standard InChI is InChI=1S/C13H18N2O2.ClH/c1-9(8-14)13(16)15-6-5-10-7-11(17-2)3-4-12(10)15;/h3-4,7,9H,5-6,8,14H2,1-2H3;1H. The molecule has 1 aromatic rings. The second-order valence-corrected chi connectivity index (χ2v) is 4.37. The fourth-order valence-corrected chi connectivity index (χ4v) is 2.10. The summed E-state index contributed by atoms with van der Waals surface area (Å²) in [6.07, 6.45) is 0.884. The molecule has 0 aliphatic carbocycles. The summed E-state index contributed by atoms with van der Waals surface area (Å²) >= 11 is 0. The Morgan fingerprint density at radius 2 is 2.28 bits per heavy atom. The summed E-state index contributed by atoms with van der Waals surface area (Å²) in [6, 6.07) is 5.83. The molecule has 2 N–H and O–H groups in total. The van der Waals surface area contributed by atoms with Gasteiger partial charge < -0.3 is 15.4 Å². The van der Waals surface area contributed by atoms with E-state index in [4.69, 9.17) is 10.5 Å². The normalized spacial score (nSPS) is 14.7. The molecule has 0 aromatic heterocycles. The predicted octanol–water partition coefficient (Wildman–Crippen LogP) is 1.60. The van der Waals surface area contributed by atoms with Crippen molar-refractivity contribution in [3.8, 4) is 5.75 Å². The fraction of sp³-hybridized carbons (Fsp3) is 0.462. The van der Waals surface area contributed by atoms with Gasteiger partial charge in [0.15, 0.2) is 0 Å². The number of hydrogen-bond acceptors (Lipinski definition) is 3. The van der Waals surface area contributed by atoms with Crippen LogP contribution in [0.2, 0.25) is 0 Å². The SMILES string of the molecule is COc1ccc2c(c1)CCN2C(=O)C(C)CN.Cl. The number of fused-ring (bicyclic) bond motifs is 1. The maximum absolute atomic E-state index is 12.1. The molecule has 0 radical (unpaired) electrons. The third-order valence-electron chi connectivity index (χ3n) is 3.22. The highest BCUT2D eigenvalue weighted by molar-refractivity contribution is 5.97. The van der Waals surface area contributed by atoms with E-state index in [0.717, 1.165) is 24.4 Å². The number of ether oxygens (including phenoxy) is 1. The van der Waals surface area contributed by atoms with Crippen molar-refractivity contribution >= 4 is 24.0 Å². The molecular weight excluding hydrogens is 252 g/mol. The van der Waals surface area contributed by atoms with Crippen molar-refractivity contribution in [3.63, 3.8) is 0 Å². The van der Waals surface area contributed by atoms with E-state index in [2.05, 4.69) is 0 Å². The molecule has 0 saturated carbocycles. The highest BCUT2D eigenvalue weighted by atomic mass is 35.5. The van der Waals surface area contributed by atoms with Crippen LogP contribution in [-0.4, -0.2) is 26.1 Å². The summed E-state index contributed by atoms with van der Waals surface area (Å²) in [4.78, 5) is 13.9. The molecule has 1 unspecified atom stereocenters. The maximum Gasteiger partial charge on any atom is 0.231 e. The predicted molar refractivity (Wildman–Crippen MR) is 74.5 cm³/mol. The average molecular weight is 271 g/mol. The van der Waals surface area contributed by atoms with Crippen LogP contribution in [0.25, 0.3) is 0 Å². The monoisotopic (exact) mass is 270 g/mol. The van der Waals surface area contributed by atoms with Crippen molar-refractivity contribution in [2.45, 2.75) is 13.3 Å². The number of nitrogens with zero attached hydrogens (tertiary/aromatic N) is 1. The van der Waals surface area contributed by atoms with Gasteiger partial charge in [-0.1, -0.05) is 6.92 Å². The summed E-state index contributed by atoms with van der Waals surface area (Å²) in [5, 5.41) is 0. The molecule has 1 atom stereocenters. The summed E-state index contributed by atoms with van der Waals surface area (Å²) in [7, 11) is 1.65. The Labute approximate surface area is 114 Å². The van der Waals surface area contributed by atoms with Crippen LogP contribution in [0.4, 0.5) is 5.69 Å². The number of rotatable bonds is 3. The van der Waals surface area contributed by atoms with Gasteiger partial charge in [0, 0.05) is 24.7 Å². The van der Waals surface area contributed by atoms with Crippen molar-refractivity contribution < 1.29 is 9.53 Å². The molecule has 1 aromatic carbocycles. The van der Waals surface area contributed by atoms with Gasteiger partial charge in [0.1, 0.15) is 5.75 Å². The zero-order chi connectivity index (χ0) is 12.4. The van der Waals surface area contributed by atoms with E-state index in [-0.39, 0.29) is 24.2 Å². The Hall–Kier alpha value is -1.26. The van der Waals surface area contributed by atoms with Crippen LogP contribution in [0.3, 0.4) is 0 Å². The van der Waals surface area contributed by atoms with Crippen molar-refractivity contribution in [1.29, 1.82) is 0 Å². The molecule has 18 heavy (non-hydrogen) atoms. The lowest BCUT2D eigenvalue weighted by atomic mass is 10.1. The maximum atomic E-state index is 12.1. The van der Waals surface area contributed by atoms with Gasteiger partial charge in [-0.25, -0.2) is 0 Å². The van der Waals surface area contributed by atoms with Gasteiger partial charge in [-0.2, -0.15) is 0 Å².